The van der Waals surface area contributed by atoms with Crippen LogP contribution >= 0.6 is 0 Å². The van der Waals surface area contributed by atoms with Crippen LogP contribution in [-0.4, -0.2) is 0 Å². The van der Waals surface area contributed by atoms with Crippen molar-refractivity contribution in [3.05, 3.63) is 42.2 Å². The zero-order chi connectivity index (χ0) is 9.23. The van der Waals surface area contributed by atoms with Gasteiger partial charge in [0, 0.05) is 0 Å². The summed E-state index contributed by atoms with van der Waals surface area (Å²) in [6.45, 7) is 7.88. The molecule has 12 heavy (non-hydrogen) atoms. The Bertz CT molecular complexity index is 200. The number of unbranched alkanes of at least 4 members (excludes halogenated alkanes) is 2. The van der Waals surface area contributed by atoms with E-state index >= 15 is 0 Å². The van der Waals surface area contributed by atoms with Gasteiger partial charge in [-0.3, -0.25) is 0 Å². The molecule has 0 aromatic heterocycles. The third-order valence-electron chi connectivity index (χ3n) is 1.55. The summed E-state index contributed by atoms with van der Waals surface area (Å²) in [7, 11) is 0. The molecule has 0 saturated carbocycles. The van der Waals surface area contributed by atoms with Crippen molar-refractivity contribution in [3.63, 3.8) is 0 Å². The van der Waals surface area contributed by atoms with E-state index < -0.39 is 0 Å². The second kappa shape index (κ2) is 8.10. The summed E-state index contributed by atoms with van der Waals surface area (Å²) in [5, 5.41) is 0. The molecular formula is C12H18. The fraction of sp³-hybridized carbons (Fsp3) is 0.417. The average molecular weight is 162 g/mol. The highest BCUT2D eigenvalue weighted by atomic mass is 13.9. The molecule has 0 N–H and O–H groups in total. The summed E-state index contributed by atoms with van der Waals surface area (Å²) in [4.78, 5) is 0. The third-order valence-corrected chi connectivity index (χ3v) is 1.55. The van der Waals surface area contributed by atoms with Crippen LogP contribution in [0.2, 0.25) is 0 Å². The van der Waals surface area contributed by atoms with Crippen molar-refractivity contribution in [2.24, 2.45) is 0 Å². The van der Waals surface area contributed by atoms with Crippen LogP contribution in [0.3, 0.4) is 0 Å². The Morgan fingerprint density at radius 2 is 2.25 bits per heavy atom. The van der Waals surface area contributed by atoms with E-state index in [2.05, 4.69) is 32.2 Å². The van der Waals surface area contributed by atoms with Gasteiger partial charge in [0.1, 0.15) is 0 Å². The number of allylic oxidation sites excluding steroid dienone is 4. The van der Waals surface area contributed by atoms with Crippen molar-refractivity contribution >= 4 is 0 Å². The minimum atomic E-state index is 1.18. The van der Waals surface area contributed by atoms with E-state index in [1.807, 2.05) is 12.2 Å². The predicted molar refractivity (Wildman–Crippen MR) is 56.1 cm³/mol. The second-order valence-corrected chi connectivity index (χ2v) is 2.80. The molecule has 0 fully saturated rings. The molecule has 0 heteroatoms. The van der Waals surface area contributed by atoms with Gasteiger partial charge in [0.25, 0.3) is 0 Å². The monoisotopic (exact) mass is 162 g/mol. The third kappa shape index (κ3) is 7.11. The lowest BCUT2D eigenvalue weighted by atomic mass is 10.2. The minimum Gasteiger partial charge on any atom is -0.121 e. The van der Waals surface area contributed by atoms with Gasteiger partial charge in [-0.05, 0) is 31.1 Å². The fourth-order valence-electron chi connectivity index (χ4n) is 0.840. The lowest BCUT2D eigenvalue weighted by molar-refractivity contribution is 0.812. The van der Waals surface area contributed by atoms with E-state index in [-0.39, 0.29) is 0 Å². The molecule has 0 aliphatic rings. The van der Waals surface area contributed by atoms with Crippen molar-refractivity contribution in [1.82, 2.24) is 0 Å². The maximum atomic E-state index is 3.58. The van der Waals surface area contributed by atoms with E-state index in [1.54, 1.807) is 6.08 Å². The molecule has 0 aliphatic carbocycles. The zero-order valence-corrected chi connectivity index (χ0v) is 8.14. The first-order valence-electron chi connectivity index (χ1n) is 4.51. The van der Waals surface area contributed by atoms with Crippen LogP contribution in [0.4, 0.5) is 0 Å². The lowest BCUT2D eigenvalue weighted by Gasteiger charge is -1.90. The van der Waals surface area contributed by atoms with Crippen molar-refractivity contribution in [1.29, 1.82) is 0 Å². The van der Waals surface area contributed by atoms with Crippen LogP contribution in [0.15, 0.2) is 42.2 Å². The predicted octanol–water partition coefficient (Wildman–Crippen LogP) is 4.02. The normalized spacial score (nSPS) is 10.3. The molecule has 0 aromatic carbocycles. The SMILES string of the molecule is C=CC=C=C/C(C)=C\CCCC. The van der Waals surface area contributed by atoms with Crippen molar-refractivity contribution in [2.75, 3.05) is 0 Å². The topological polar surface area (TPSA) is 0 Å². The van der Waals surface area contributed by atoms with Gasteiger partial charge in [-0.25, -0.2) is 0 Å². The van der Waals surface area contributed by atoms with Crippen LogP contribution < -0.4 is 0 Å². The van der Waals surface area contributed by atoms with Crippen LogP contribution in [0.1, 0.15) is 33.1 Å². The zero-order valence-electron chi connectivity index (χ0n) is 8.14. The first-order valence-corrected chi connectivity index (χ1v) is 4.51. The molecule has 0 amide bonds. The Balaban J connectivity index is 3.84. The number of hydrogen-bond donors (Lipinski definition) is 0. The summed E-state index contributed by atoms with van der Waals surface area (Å²) >= 11 is 0. The average Bonchev–Trinajstić information content (AvgIpc) is 2.06. The van der Waals surface area contributed by atoms with E-state index in [9.17, 15) is 0 Å². The van der Waals surface area contributed by atoms with Gasteiger partial charge in [-0.15, -0.1) is 5.73 Å². The first-order chi connectivity index (χ1) is 5.81. The molecule has 66 valence electrons. The Morgan fingerprint density at radius 3 is 2.83 bits per heavy atom. The van der Waals surface area contributed by atoms with E-state index in [1.165, 1.54) is 24.8 Å². The summed E-state index contributed by atoms with van der Waals surface area (Å²) in [5.74, 6) is 0. The molecule has 0 saturated heterocycles. The molecule has 0 radical (unpaired) electrons. The Labute approximate surface area is 76.0 Å². The van der Waals surface area contributed by atoms with Crippen molar-refractivity contribution in [3.8, 4) is 0 Å². The molecule has 0 atom stereocenters. The largest absolute Gasteiger partial charge is 0.121 e. The number of rotatable bonds is 5. The van der Waals surface area contributed by atoms with Crippen LogP contribution in [0, 0.1) is 0 Å². The molecule has 0 rings (SSSR count). The van der Waals surface area contributed by atoms with E-state index in [0.717, 1.165) is 0 Å². The van der Waals surface area contributed by atoms with Gasteiger partial charge in [-0.1, -0.05) is 38.5 Å². The number of hydrogen-bond acceptors (Lipinski definition) is 0. The summed E-state index contributed by atoms with van der Waals surface area (Å²) in [5.41, 5.74) is 4.30. The highest BCUT2D eigenvalue weighted by Crippen LogP contribution is 2.01. The fourth-order valence-corrected chi connectivity index (χ4v) is 0.840. The quantitative estimate of drug-likeness (QED) is 0.325. The Hall–Kier alpha value is -1.00. The molecule has 0 spiro atoms. The Kier molecular flexibility index (Phi) is 7.42. The summed E-state index contributed by atoms with van der Waals surface area (Å²) in [6.07, 6.45) is 11.5. The maximum Gasteiger partial charge on any atom is -0.0174 e. The summed E-state index contributed by atoms with van der Waals surface area (Å²) < 4.78 is 0. The van der Waals surface area contributed by atoms with Crippen LogP contribution in [0.25, 0.3) is 0 Å². The molecule has 0 bridgehead atoms. The first kappa shape index (κ1) is 11.0. The van der Waals surface area contributed by atoms with E-state index in [4.69, 9.17) is 0 Å². The van der Waals surface area contributed by atoms with Gasteiger partial charge in [0.2, 0.25) is 0 Å². The standard InChI is InChI=1S/C12H18/c1-4-6-8-10-12(3)11-9-7-5-2/h4,6,10-11H,1,5,7,9H2,2-3H3/b12-11-. The lowest BCUT2D eigenvalue weighted by Crippen LogP contribution is -1.70. The molecule has 0 unspecified atom stereocenters. The van der Waals surface area contributed by atoms with Crippen molar-refractivity contribution < 1.29 is 0 Å². The molecule has 0 aliphatic heterocycles. The van der Waals surface area contributed by atoms with Crippen molar-refractivity contribution in [2.45, 2.75) is 33.1 Å². The van der Waals surface area contributed by atoms with Crippen LogP contribution in [0.5, 0.6) is 0 Å². The molecular weight excluding hydrogens is 144 g/mol. The van der Waals surface area contributed by atoms with Gasteiger partial charge < -0.3 is 0 Å². The van der Waals surface area contributed by atoms with Crippen LogP contribution in [-0.2, 0) is 0 Å². The maximum absolute atomic E-state index is 3.58. The summed E-state index contributed by atoms with van der Waals surface area (Å²) in [6, 6.07) is 0. The minimum absolute atomic E-state index is 1.18. The van der Waals surface area contributed by atoms with Gasteiger partial charge >= 0.3 is 0 Å². The van der Waals surface area contributed by atoms with Gasteiger partial charge in [-0.2, -0.15) is 0 Å². The smallest absolute Gasteiger partial charge is 0.0174 e. The molecule has 0 heterocycles. The Morgan fingerprint density at radius 1 is 1.50 bits per heavy atom. The van der Waals surface area contributed by atoms with Gasteiger partial charge in [0.15, 0.2) is 0 Å². The van der Waals surface area contributed by atoms with Gasteiger partial charge in [0.05, 0.1) is 0 Å². The van der Waals surface area contributed by atoms with E-state index in [0.29, 0.717) is 0 Å². The highest BCUT2D eigenvalue weighted by Gasteiger charge is 1.81. The highest BCUT2D eigenvalue weighted by molar-refractivity contribution is 5.16. The molecule has 0 aromatic rings. The second-order valence-electron chi connectivity index (χ2n) is 2.80. The molecule has 0 nitrogen and oxygen atoms in total.